The van der Waals surface area contributed by atoms with Gasteiger partial charge in [-0.1, -0.05) is 78.9 Å². The smallest absolute Gasteiger partial charge is 0.311 e. The van der Waals surface area contributed by atoms with E-state index in [0.29, 0.717) is 12.8 Å². The highest BCUT2D eigenvalue weighted by Crippen LogP contribution is 2.36. The fourth-order valence-corrected chi connectivity index (χ4v) is 5.43. The Kier molecular flexibility index (Phi) is 6.20. The minimum Gasteiger partial charge on any atom is -0.461 e. The first-order valence-corrected chi connectivity index (χ1v) is 10.3. The van der Waals surface area contributed by atoms with Gasteiger partial charge in [0, 0.05) is 0 Å². The maximum Gasteiger partial charge on any atom is 0.311 e. The summed E-state index contributed by atoms with van der Waals surface area (Å²) in [6.07, 6.45) is 0.401. The van der Waals surface area contributed by atoms with Crippen molar-refractivity contribution in [2.45, 2.75) is 20.5 Å². The molecule has 26 heavy (non-hydrogen) atoms. The first-order chi connectivity index (χ1) is 12.6. The molecule has 0 bridgehead atoms. The zero-order valence-electron chi connectivity index (χ0n) is 15.2. The van der Waals surface area contributed by atoms with Crippen molar-refractivity contribution >= 4 is 24.5 Å². The predicted octanol–water partition coefficient (Wildman–Crippen LogP) is 4.48. The van der Waals surface area contributed by atoms with Crippen LogP contribution in [0.3, 0.4) is 0 Å². The van der Waals surface area contributed by atoms with Crippen LogP contribution in [0.25, 0.3) is 0 Å². The summed E-state index contributed by atoms with van der Waals surface area (Å²) in [6.45, 7) is 4.54. The topological polar surface area (TPSA) is 26.3 Å². The Bertz CT molecular complexity index is 829. The van der Waals surface area contributed by atoms with E-state index >= 15 is 0 Å². The Balaban J connectivity index is 1.81. The van der Waals surface area contributed by atoms with Gasteiger partial charge in [-0.25, -0.2) is 0 Å². The number of carbonyl (C=O) groups excluding carboxylic acids is 1. The second-order valence-corrected chi connectivity index (χ2v) is 8.44. The summed E-state index contributed by atoms with van der Waals surface area (Å²) in [5, 5.41) is 2.49. The van der Waals surface area contributed by atoms with E-state index in [-0.39, 0.29) is 5.97 Å². The van der Waals surface area contributed by atoms with E-state index < -0.39 is 7.92 Å². The lowest BCUT2D eigenvalue weighted by molar-refractivity contribution is -0.141. The number of esters is 1. The van der Waals surface area contributed by atoms with Crippen molar-refractivity contribution < 1.29 is 9.53 Å². The number of hydrogen-bond acceptors (Lipinski definition) is 2. The molecule has 3 heteroatoms. The SMILES string of the molecule is Cc1ccccc1P(CC(=O)OCc1ccccc1)c1ccccc1C. The molecule has 3 rings (SSSR count). The summed E-state index contributed by atoms with van der Waals surface area (Å²) in [5.74, 6) is -0.147. The molecular formula is C23H23O2P. The van der Waals surface area contributed by atoms with Crippen LogP contribution in [0.1, 0.15) is 16.7 Å². The van der Waals surface area contributed by atoms with Crippen molar-refractivity contribution in [1.29, 1.82) is 0 Å². The largest absolute Gasteiger partial charge is 0.461 e. The lowest BCUT2D eigenvalue weighted by atomic mass is 10.2. The quantitative estimate of drug-likeness (QED) is 0.477. The minimum absolute atomic E-state index is 0.147. The van der Waals surface area contributed by atoms with Crippen molar-refractivity contribution in [2.24, 2.45) is 0 Å². The number of rotatable bonds is 6. The van der Waals surface area contributed by atoms with Gasteiger partial charge in [-0.2, -0.15) is 0 Å². The van der Waals surface area contributed by atoms with Gasteiger partial charge >= 0.3 is 5.97 Å². The monoisotopic (exact) mass is 362 g/mol. The summed E-state index contributed by atoms with van der Waals surface area (Å²) >= 11 is 0. The van der Waals surface area contributed by atoms with Crippen molar-refractivity contribution in [3.8, 4) is 0 Å². The number of carbonyl (C=O) groups is 1. The number of hydrogen-bond donors (Lipinski definition) is 0. The van der Waals surface area contributed by atoms with E-state index in [0.717, 1.165) is 5.56 Å². The van der Waals surface area contributed by atoms with E-state index in [1.54, 1.807) is 0 Å². The summed E-state index contributed by atoms with van der Waals surface area (Å²) in [7, 11) is -0.787. The van der Waals surface area contributed by atoms with Crippen LogP contribution in [0.15, 0.2) is 78.9 Å². The van der Waals surface area contributed by atoms with Gasteiger partial charge in [0.15, 0.2) is 0 Å². The molecule has 0 unspecified atom stereocenters. The molecule has 2 nitrogen and oxygen atoms in total. The van der Waals surface area contributed by atoms with Crippen LogP contribution in [0.2, 0.25) is 0 Å². The Morgan fingerprint density at radius 1 is 0.769 bits per heavy atom. The molecule has 0 saturated carbocycles. The molecule has 0 amide bonds. The fourth-order valence-electron chi connectivity index (χ4n) is 2.95. The molecule has 0 heterocycles. The van der Waals surface area contributed by atoms with E-state index in [2.05, 4.69) is 38.1 Å². The zero-order valence-corrected chi connectivity index (χ0v) is 16.1. The maximum absolute atomic E-state index is 12.6. The summed E-state index contributed by atoms with van der Waals surface area (Å²) in [6, 6.07) is 26.5. The Morgan fingerprint density at radius 2 is 1.27 bits per heavy atom. The lowest BCUT2D eigenvalue weighted by Crippen LogP contribution is -2.23. The highest BCUT2D eigenvalue weighted by Gasteiger charge is 2.21. The molecule has 0 aromatic heterocycles. The maximum atomic E-state index is 12.6. The van der Waals surface area contributed by atoms with Crippen molar-refractivity contribution in [3.63, 3.8) is 0 Å². The van der Waals surface area contributed by atoms with Crippen LogP contribution >= 0.6 is 7.92 Å². The van der Waals surface area contributed by atoms with Crippen LogP contribution in [-0.2, 0) is 16.1 Å². The van der Waals surface area contributed by atoms with Crippen molar-refractivity contribution in [1.82, 2.24) is 0 Å². The van der Waals surface area contributed by atoms with Gasteiger partial charge in [0.2, 0.25) is 0 Å². The Hall–Kier alpha value is -2.44. The molecule has 3 aromatic carbocycles. The summed E-state index contributed by atoms with van der Waals surface area (Å²) < 4.78 is 5.56. The predicted molar refractivity (Wildman–Crippen MR) is 110 cm³/mol. The second kappa shape index (κ2) is 8.78. The molecule has 0 aliphatic heterocycles. The number of benzene rings is 3. The highest BCUT2D eigenvalue weighted by atomic mass is 31.1. The van der Waals surface area contributed by atoms with Gasteiger partial charge in [-0.05, 0) is 49.1 Å². The molecule has 0 atom stereocenters. The molecule has 0 spiro atoms. The fraction of sp³-hybridized carbons (Fsp3) is 0.174. The molecule has 0 aliphatic carbocycles. The van der Waals surface area contributed by atoms with E-state index in [4.69, 9.17) is 4.74 Å². The van der Waals surface area contributed by atoms with Gasteiger partial charge < -0.3 is 4.74 Å². The lowest BCUT2D eigenvalue weighted by Gasteiger charge is -2.21. The van der Waals surface area contributed by atoms with Crippen LogP contribution in [-0.4, -0.2) is 12.1 Å². The first-order valence-electron chi connectivity index (χ1n) is 8.73. The average Bonchev–Trinajstić information content (AvgIpc) is 2.67. The third-order valence-electron chi connectivity index (χ3n) is 4.34. The van der Waals surface area contributed by atoms with E-state index in [1.807, 2.05) is 54.6 Å². The third kappa shape index (κ3) is 4.59. The van der Waals surface area contributed by atoms with E-state index in [9.17, 15) is 4.79 Å². The van der Waals surface area contributed by atoms with Gasteiger partial charge in [-0.3, -0.25) is 4.79 Å². The van der Waals surface area contributed by atoms with Crippen LogP contribution in [0.5, 0.6) is 0 Å². The van der Waals surface area contributed by atoms with Crippen LogP contribution < -0.4 is 10.6 Å². The Labute approximate surface area is 156 Å². The molecular weight excluding hydrogens is 339 g/mol. The normalized spacial score (nSPS) is 10.7. The molecule has 3 aromatic rings. The average molecular weight is 362 g/mol. The van der Waals surface area contributed by atoms with Crippen LogP contribution in [0, 0.1) is 13.8 Å². The molecule has 0 saturated heterocycles. The van der Waals surface area contributed by atoms with Crippen molar-refractivity contribution in [2.75, 3.05) is 6.16 Å². The molecule has 0 N–H and O–H groups in total. The van der Waals surface area contributed by atoms with Gasteiger partial charge in [0.05, 0.1) is 6.16 Å². The van der Waals surface area contributed by atoms with Crippen LogP contribution in [0.4, 0.5) is 0 Å². The van der Waals surface area contributed by atoms with Gasteiger partial charge in [0.1, 0.15) is 6.61 Å². The summed E-state index contributed by atoms with van der Waals surface area (Å²) in [4.78, 5) is 12.6. The molecule has 0 fully saturated rings. The molecule has 0 aliphatic rings. The van der Waals surface area contributed by atoms with E-state index in [1.165, 1.54) is 21.7 Å². The third-order valence-corrected chi connectivity index (χ3v) is 7.08. The van der Waals surface area contributed by atoms with Crippen molar-refractivity contribution in [3.05, 3.63) is 95.6 Å². The second-order valence-electron chi connectivity index (χ2n) is 6.31. The van der Waals surface area contributed by atoms with Gasteiger partial charge in [0.25, 0.3) is 0 Å². The van der Waals surface area contributed by atoms with Gasteiger partial charge in [-0.15, -0.1) is 0 Å². The Morgan fingerprint density at radius 3 is 1.81 bits per heavy atom. The molecule has 132 valence electrons. The molecule has 0 radical (unpaired) electrons. The highest BCUT2D eigenvalue weighted by molar-refractivity contribution is 7.73. The number of ether oxygens (including phenoxy) is 1. The first kappa shape index (κ1) is 18.4. The standard InChI is InChI=1S/C23H23O2P/c1-18-10-6-8-14-21(18)26(22-15-9-7-11-19(22)2)17-23(24)25-16-20-12-4-3-5-13-20/h3-15H,16-17H2,1-2H3. The minimum atomic E-state index is -0.787. The zero-order chi connectivity index (χ0) is 18.4. The summed E-state index contributed by atoms with van der Waals surface area (Å²) in [5.41, 5.74) is 3.45. The number of aryl methyl sites for hydroxylation is 2.